The number of hydrogen-bond donors (Lipinski definition) is 1. The van der Waals surface area contributed by atoms with Crippen LogP contribution in [-0.2, 0) is 16.6 Å². The van der Waals surface area contributed by atoms with Crippen LogP contribution in [0.4, 0.5) is 0 Å². The quantitative estimate of drug-likeness (QED) is 0.706. The van der Waals surface area contributed by atoms with E-state index < -0.39 is 10.0 Å². The fraction of sp³-hybridized carbons (Fsp3) is 0.600. The van der Waals surface area contributed by atoms with Crippen LogP contribution in [0, 0.1) is 0 Å². The molecule has 4 nitrogen and oxygen atoms in total. The van der Waals surface area contributed by atoms with Gasteiger partial charge in [0.25, 0.3) is 0 Å². The van der Waals surface area contributed by atoms with Crippen molar-refractivity contribution in [3.63, 3.8) is 0 Å². The van der Waals surface area contributed by atoms with Crippen LogP contribution < -0.4 is 5.32 Å². The lowest BCUT2D eigenvalue weighted by atomic mass is 10.2. The summed E-state index contributed by atoms with van der Waals surface area (Å²) in [5.41, 5.74) is 0.930. The second kappa shape index (κ2) is 8.73. The van der Waals surface area contributed by atoms with Crippen LogP contribution in [0.2, 0.25) is 5.02 Å². The van der Waals surface area contributed by atoms with Crippen LogP contribution >= 0.6 is 11.6 Å². The molecule has 0 aromatic heterocycles. The lowest BCUT2D eigenvalue weighted by Crippen LogP contribution is -2.32. The molecule has 0 saturated heterocycles. The molecule has 120 valence electrons. The van der Waals surface area contributed by atoms with Gasteiger partial charge in [0.15, 0.2) is 0 Å². The van der Waals surface area contributed by atoms with Gasteiger partial charge < -0.3 is 5.32 Å². The molecule has 0 bridgehead atoms. The Bertz CT molecular complexity index is 547. The van der Waals surface area contributed by atoms with E-state index in [0.29, 0.717) is 19.6 Å². The van der Waals surface area contributed by atoms with Crippen molar-refractivity contribution in [1.82, 2.24) is 9.62 Å². The van der Waals surface area contributed by atoms with Crippen molar-refractivity contribution in [2.24, 2.45) is 0 Å². The second-order valence-electron chi connectivity index (χ2n) is 4.94. The molecule has 0 fully saturated rings. The van der Waals surface area contributed by atoms with E-state index in [-0.39, 0.29) is 9.92 Å². The number of halogens is 1. The normalized spacial score (nSPS) is 12.0. The first kappa shape index (κ1) is 18.4. The van der Waals surface area contributed by atoms with E-state index in [2.05, 4.69) is 12.2 Å². The first-order chi connectivity index (χ1) is 9.97. The molecule has 21 heavy (non-hydrogen) atoms. The fourth-order valence-electron chi connectivity index (χ4n) is 2.10. The van der Waals surface area contributed by atoms with Crippen LogP contribution in [0.1, 0.15) is 39.2 Å². The van der Waals surface area contributed by atoms with Gasteiger partial charge in [-0.25, -0.2) is 8.42 Å². The van der Waals surface area contributed by atoms with Gasteiger partial charge in [0, 0.05) is 19.6 Å². The Labute approximate surface area is 133 Å². The van der Waals surface area contributed by atoms with Crippen LogP contribution in [0.15, 0.2) is 23.1 Å². The first-order valence-corrected chi connectivity index (χ1v) is 9.28. The monoisotopic (exact) mass is 332 g/mol. The maximum atomic E-state index is 12.7. The molecule has 1 aromatic rings. The fourth-order valence-corrected chi connectivity index (χ4v) is 4.17. The minimum absolute atomic E-state index is 0.204. The summed E-state index contributed by atoms with van der Waals surface area (Å²) in [4.78, 5) is 0.204. The van der Waals surface area contributed by atoms with Gasteiger partial charge in [0.05, 0.1) is 5.02 Å². The molecule has 0 aliphatic carbocycles. The van der Waals surface area contributed by atoms with Crippen LogP contribution in [0.25, 0.3) is 0 Å². The topological polar surface area (TPSA) is 49.4 Å². The third kappa shape index (κ3) is 4.95. The van der Waals surface area contributed by atoms with Gasteiger partial charge in [-0.1, -0.05) is 38.4 Å². The molecule has 0 spiro atoms. The van der Waals surface area contributed by atoms with Gasteiger partial charge in [-0.05, 0) is 37.1 Å². The average Bonchev–Trinajstić information content (AvgIpc) is 2.46. The van der Waals surface area contributed by atoms with Crippen LogP contribution in [-0.4, -0.2) is 32.4 Å². The van der Waals surface area contributed by atoms with Gasteiger partial charge in [-0.2, -0.15) is 4.31 Å². The molecule has 0 aliphatic rings. The highest BCUT2D eigenvalue weighted by Gasteiger charge is 2.25. The maximum absolute atomic E-state index is 12.7. The Morgan fingerprint density at radius 3 is 2.48 bits per heavy atom. The molecule has 0 aliphatic heterocycles. The highest BCUT2D eigenvalue weighted by atomic mass is 35.5. The molecule has 0 heterocycles. The molecule has 0 saturated carbocycles. The molecule has 0 atom stereocenters. The van der Waals surface area contributed by atoms with Gasteiger partial charge >= 0.3 is 0 Å². The van der Waals surface area contributed by atoms with E-state index in [1.54, 1.807) is 12.1 Å². The summed E-state index contributed by atoms with van der Waals surface area (Å²) in [6.45, 7) is 8.40. The van der Waals surface area contributed by atoms with E-state index in [9.17, 15) is 8.42 Å². The van der Waals surface area contributed by atoms with E-state index in [1.165, 1.54) is 4.31 Å². The Balaban J connectivity index is 3.07. The number of rotatable bonds is 9. The Hall–Kier alpha value is -0.620. The van der Waals surface area contributed by atoms with Gasteiger partial charge in [0.2, 0.25) is 10.0 Å². The number of benzene rings is 1. The standard InChI is InChI=1S/C15H25ClN2O2S/c1-4-9-17-12-13-7-8-14(16)15(11-13)21(19,20)18(6-3)10-5-2/h7-8,11,17H,4-6,9-10,12H2,1-3H3. The zero-order valence-electron chi connectivity index (χ0n) is 13.0. The molecule has 6 heteroatoms. The summed E-state index contributed by atoms with van der Waals surface area (Å²) in [6, 6.07) is 5.20. The van der Waals surface area contributed by atoms with Crippen molar-refractivity contribution in [3.05, 3.63) is 28.8 Å². The summed E-state index contributed by atoms with van der Waals surface area (Å²) in [5, 5.41) is 3.55. The van der Waals surface area contributed by atoms with Crippen LogP contribution in [0.5, 0.6) is 0 Å². The van der Waals surface area contributed by atoms with Crippen molar-refractivity contribution < 1.29 is 8.42 Å². The SMILES string of the molecule is CCCNCc1ccc(Cl)c(S(=O)(=O)N(CC)CCC)c1. The van der Waals surface area contributed by atoms with Crippen molar-refractivity contribution in [2.45, 2.75) is 45.1 Å². The van der Waals surface area contributed by atoms with Gasteiger partial charge in [0.1, 0.15) is 4.90 Å². The third-order valence-corrected chi connectivity index (χ3v) is 5.65. The van der Waals surface area contributed by atoms with E-state index in [1.807, 2.05) is 19.9 Å². The summed E-state index contributed by atoms with van der Waals surface area (Å²) < 4.78 is 26.8. The molecule has 0 unspecified atom stereocenters. The maximum Gasteiger partial charge on any atom is 0.244 e. The van der Waals surface area contributed by atoms with E-state index in [4.69, 9.17) is 11.6 Å². The predicted molar refractivity (Wildman–Crippen MR) is 88.2 cm³/mol. The molecular weight excluding hydrogens is 308 g/mol. The lowest BCUT2D eigenvalue weighted by molar-refractivity contribution is 0.427. The van der Waals surface area contributed by atoms with E-state index >= 15 is 0 Å². The Kier molecular flexibility index (Phi) is 7.66. The largest absolute Gasteiger partial charge is 0.313 e. The molecular formula is C15H25ClN2O2S. The summed E-state index contributed by atoms with van der Waals surface area (Å²) in [5.74, 6) is 0. The van der Waals surface area contributed by atoms with Crippen molar-refractivity contribution in [1.29, 1.82) is 0 Å². The Morgan fingerprint density at radius 1 is 1.19 bits per heavy atom. The smallest absolute Gasteiger partial charge is 0.244 e. The zero-order chi connectivity index (χ0) is 15.9. The molecule has 1 rings (SSSR count). The summed E-state index contributed by atoms with van der Waals surface area (Å²) in [6.07, 6.45) is 1.82. The second-order valence-corrected chi connectivity index (χ2v) is 7.25. The minimum atomic E-state index is -3.52. The highest BCUT2D eigenvalue weighted by molar-refractivity contribution is 7.89. The lowest BCUT2D eigenvalue weighted by Gasteiger charge is -2.21. The average molecular weight is 333 g/mol. The Morgan fingerprint density at radius 2 is 1.90 bits per heavy atom. The van der Waals surface area contributed by atoms with Gasteiger partial charge in [-0.15, -0.1) is 0 Å². The molecule has 0 radical (unpaired) electrons. The van der Waals surface area contributed by atoms with Gasteiger partial charge in [-0.3, -0.25) is 0 Å². The predicted octanol–water partition coefficient (Wildman–Crippen LogP) is 3.26. The minimum Gasteiger partial charge on any atom is -0.313 e. The van der Waals surface area contributed by atoms with E-state index in [0.717, 1.165) is 24.9 Å². The number of nitrogens with zero attached hydrogens (tertiary/aromatic N) is 1. The van der Waals surface area contributed by atoms with Crippen molar-refractivity contribution in [2.75, 3.05) is 19.6 Å². The third-order valence-electron chi connectivity index (χ3n) is 3.20. The summed E-state index contributed by atoms with van der Waals surface area (Å²) in [7, 11) is -3.52. The number of nitrogens with one attached hydrogen (secondary N) is 1. The highest BCUT2D eigenvalue weighted by Crippen LogP contribution is 2.26. The van der Waals surface area contributed by atoms with Crippen LogP contribution in [0.3, 0.4) is 0 Å². The first-order valence-electron chi connectivity index (χ1n) is 7.46. The molecule has 1 aromatic carbocycles. The molecule has 0 amide bonds. The summed E-state index contributed by atoms with van der Waals surface area (Å²) >= 11 is 6.12. The number of hydrogen-bond acceptors (Lipinski definition) is 3. The molecule has 1 N–H and O–H groups in total. The van der Waals surface area contributed by atoms with Crippen molar-refractivity contribution in [3.8, 4) is 0 Å². The number of sulfonamides is 1. The van der Waals surface area contributed by atoms with Crippen molar-refractivity contribution >= 4 is 21.6 Å². The zero-order valence-corrected chi connectivity index (χ0v) is 14.6.